The number of rotatable bonds is 9. The highest BCUT2D eigenvalue weighted by Crippen LogP contribution is 2.17. The maximum Gasteiger partial charge on any atom is 0.215 e. The van der Waals surface area contributed by atoms with Crippen molar-refractivity contribution in [2.45, 2.75) is 0 Å². The number of hydrogen-bond donors (Lipinski definition) is 1. The molecule has 0 amide bonds. The third kappa shape index (κ3) is 8.77. The van der Waals surface area contributed by atoms with Gasteiger partial charge in [0.05, 0.1) is 19.4 Å². The number of halogens is 1. The number of nitrogens with one attached hydrogen (secondary N) is 1. The molecule has 11 heteroatoms. The van der Waals surface area contributed by atoms with E-state index in [9.17, 15) is 8.42 Å². The van der Waals surface area contributed by atoms with Gasteiger partial charge in [-0.15, -0.1) is 24.0 Å². The van der Waals surface area contributed by atoms with E-state index < -0.39 is 10.0 Å². The number of hydrogen-bond acceptors (Lipinski definition) is 6. The van der Waals surface area contributed by atoms with Crippen LogP contribution in [0.2, 0.25) is 0 Å². The molecule has 1 aromatic rings. The van der Waals surface area contributed by atoms with Crippen molar-refractivity contribution in [1.82, 2.24) is 14.5 Å². The van der Waals surface area contributed by atoms with Gasteiger partial charge in [0.25, 0.3) is 0 Å². The topological polar surface area (TPSA) is 83.5 Å². The molecule has 1 aliphatic rings. The van der Waals surface area contributed by atoms with Gasteiger partial charge in [-0.05, 0) is 24.3 Å². The van der Waals surface area contributed by atoms with Crippen molar-refractivity contribution in [1.29, 1.82) is 0 Å². The molecule has 166 valence electrons. The number of likely N-dealkylation sites (N-methyl/N-ethyl adjacent to an activating group) is 1. The first-order valence-corrected chi connectivity index (χ1v) is 12.0. The molecule has 0 saturated carbocycles. The zero-order valence-electron chi connectivity index (χ0n) is 17.2. The van der Waals surface area contributed by atoms with Crippen LogP contribution in [0.1, 0.15) is 0 Å². The van der Waals surface area contributed by atoms with Crippen LogP contribution in [0.5, 0.6) is 11.5 Å². The molecule has 1 N–H and O–H groups in total. The van der Waals surface area contributed by atoms with Crippen molar-refractivity contribution in [3.63, 3.8) is 0 Å². The van der Waals surface area contributed by atoms with Gasteiger partial charge in [0, 0.05) is 45.2 Å². The van der Waals surface area contributed by atoms with Crippen LogP contribution in [0.15, 0.2) is 29.3 Å². The van der Waals surface area contributed by atoms with Crippen molar-refractivity contribution in [2.24, 2.45) is 4.99 Å². The summed E-state index contributed by atoms with van der Waals surface area (Å²) in [6.07, 6.45) is 0. The summed E-state index contributed by atoms with van der Waals surface area (Å²) in [5.74, 6) is 3.99. The molecule has 1 aromatic carbocycles. The smallest absolute Gasteiger partial charge is 0.215 e. The maximum atomic E-state index is 12.4. The van der Waals surface area contributed by atoms with Crippen LogP contribution in [0.3, 0.4) is 0 Å². The molecule has 1 fully saturated rings. The molecule has 1 saturated heterocycles. The van der Waals surface area contributed by atoms with E-state index in [1.165, 1.54) is 0 Å². The second-order valence-electron chi connectivity index (χ2n) is 6.25. The number of aliphatic imine (C=N–C) groups is 1. The van der Waals surface area contributed by atoms with Crippen molar-refractivity contribution in [3.8, 4) is 11.5 Å². The number of ether oxygens (including phenoxy) is 2. The second-order valence-corrected chi connectivity index (χ2v) is 9.56. The Balaban J connectivity index is 0.00000420. The van der Waals surface area contributed by atoms with E-state index in [4.69, 9.17) is 9.47 Å². The molecule has 1 aliphatic heterocycles. The van der Waals surface area contributed by atoms with E-state index >= 15 is 0 Å². The fraction of sp³-hybridized carbons (Fsp3) is 0.611. The normalized spacial score (nSPS) is 15.3. The molecule has 0 bridgehead atoms. The van der Waals surface area contributed by atoms with E-state index in [0.29, 0.717) is 38.7 Å². The van der Waals surface area contributed by atoms with Gasteiger partial charge < -0.3 is 19.7 Å². The lowest BCUT2D eigenvalue weighted by molar-refractivity contribution is 0.281. The lowest BCUT2D eigenvalue weighted by Crippen LogP contribution is -2.45. The molecule has 8 nitrogen and oxygen atoms in total. The number of sulfonamides is 1. The zero-order chi connectivity index (χ0) is 20.4. The van der Waals surface area contributed by atoms with Crippen LogP contribution in [-0.4, -0.2) is 94.8 Å². The summed E-state index contributed by atoms with van der Waals surface area (Å²) in [6.45, 7) is 2.62. The van der Waals surface area contributed by atoms with Crippen LogP contribution >= 0.6 is 35.7 Å². The number of thioether (sulfide) groups is 1. The molecule has 0 atom stereocenters. The van der Waals surface area contributed by atoms with Crippen LogP contribution in [0, 0.1) is 0 Å². The largest absolute Gasteiger partial charge is 0.497 e. The first-order valence-electron chi connectivity index (χ1n) is 9.20. The fourth-order valence-electron chi connectivity index (χ4n) is 2.71. The lowest BCUT2D eigenvalue weighted by Gasteiger charge is -2.26. The van der Waals surface area contributed by atoms with Gasteiger partial charge in [-0.2, -0.15) is 11.8 Å². The Kier molecular flexibility index (Phi) is 12.1. The summed E-state index contributed by atoms with van der Waals surface area (Å²) in [7, 11) is 1.97. The minimum absolute atomic E-state index is 0. The summed E-state index contributed by atoms with van der Waals surface area (Å²) in [4.78, 5) is 6.13. The molecule has 0 unspecified atom stereocenters. The first-order chi connectivity index (χ1) is 13.5. The van der Waals surface area contributed by atoms with E-state index in [1.54, 1.807) is 30.2 Å². The Morgan fingerprint density at radius 2 is 1.86 bits per heavy atom. The minimum Gasteiger partial charge on any atom is -0.497 e. The third-order valence-electron chi connectivity index (χ3n) is 4.33. The van der Waals surface area contributed by atoms with Crippen LogP contribution in [0.25, 0.3) is 0 Å². The molecule has 29 heavy (non-hydrogen) atoms. The second kappa shape index (κ2) is 13.4. The summed E-state index contributed by atoms with van der Waals surface area (Å²) >= 11 is 1.79. The Bertz CT molecular complexity index is 726. The van der Waals surface area contributed by atoms with E-state index in [1.807, 2.05) is 36.2 Å². The molecule has 0 spiro atoms. The van der Waals surface area contributed by atoms with E-state index in [2.05, 4.69) is 10.3 Å². The van der Waals surface area contributed by atoms with Gasteiger partial charge in [0.2, 0.25) is 10.0 Å². The van der Waals surface area contributed by atoms with Gasteiger partial charge in [-0.1, -0.05) is 0 Å². The van der Waals surface area contributed by atoms with Crippen LogP contribution in [-0.2, 0) is 10.0 Å². The number of nitrogens with zero attached hydrogens (tertiary/aromatic N) is 3. The highest BCUT2D eigenvalue weighted by atomic mass is 127. The molecule has 0 aliphatic carbocycles. The van der Waals surface area contributed by atoms with Crippen molar-refractivity contribution < 1.29 is 17.9 Å². The molecule has 0 radical (unpaired) electrons. The number of guanidine groups is 1. The summed E-state index contributed by atoms with van der Waals surface area (Å²) in [5.41, 5.74) is 0. The van der Waals surface area contributed by atoms with Crippen molar-refractivity contribution in [3.05, 3.63) is 24.3 Å². The predicted octanol–water partition coefficient (Wildman–Crippen LogP) is 1.58. The minimum atomic E-state index is -3.22. The zero-order valence-corrected chi connectivity index (χ0v) is 21.1. The molecule has 2 rings (SSSR count). The van der Waals surface area contributed by atoms with E-state index in [-0.39, 0.29) is 29.7 Å². The first kappa shape index (κ1) is 26.1. The Morgan fingerprint density at radius 3 is 2.45 bits per heavy atom. The van der Waals surface area contributed by atoms with Crippen molar-refractivity contribution >= 4 is 51.7 Å². The third-order valence-corrected chi connectivity index (χ3v) is 7.15. The lowest BCUT2D eigenvalue weighted by atomic mass is 10.3. The standard InChI is InChI=1S/C18H30N4O4S2.HI/c1-19-18(20-8-15-28(23,24)22-10-13-27-14-11-22)21(2)9-12-26-17-6-4-16(25-3)5-7-17;/h4-7H,8-15H2,1-3H3,(H,19,20);1H. The molecule has 1 heterocycles. The Labute approximate surface area is 195 Å². The predicted molar refractivity (Wildman–Crippen MR) is 131 cm³/mol. The van der Waals surface area contributed by atoms with Gasteiger partial charge in [-0.25, -0.2) is 12.7 Å². The molecule has 0 aromatic heterocycles. The monoisotopic (exact) mass is 558 g/mol. The summed E-state index contributed by atoms with van der Waals surface area (Å²) < 4.78 is 37.2. The molecular formula is C18H31IN4O4S2. The average molecular weight is 559 g/mol. The van der Waals surface area contributed by atoms with Gasteiger partial charge in [-0.3, -0.25) is 4.99 Å². The molecular weight excluding hydrogens is 527 g/mol. The van der Waals surface area contributed by atoms with Crippen LogP contribution in [0.4, 0.5) is 0 Å². The summed E-state index contributed by atoms with van der Waals surface area (Å²) in [5, 5.41) is 3.12. The number of methoxy groups -OCH3 is 1. The Morgan fingerprint density at radius 1 is 1.24 bits per heavy atom. The number of benzene rings is 1. The fourth-order valence-corrected chi connectivity index (χ4v) is 5.20. The van der Waals surface area contributed by atoms with Crippen molar-refractivity contribution in [2.75, 3.05) is 71.2 Å². The summed E-state index contributed by atoms with van der Waals surface area (Å²) in [6, 6.07) is 7.41. The van der Waals surface area contributed by atoms with Gasteiger partial charge in [0.15, 0.2) is 5.96 Å². The van der Waals surface area contributed by atoms with Gasteiger partial charge >= 0.3 is 0 Å². The highest BCUT2D eigenvalue weighted by molar-refractivity contribution is 14.0. The van der Waals surface area contributed by atoms with Crippen LogP contribution < -0.4 is 14.8 Å². The van der Waals surface area contributed by atoms with E-state index in [0.717, 1.165) is 23.0 Å². The van der Waals surface area contributed by atoms with Gasteiger partial charge in [0.1, 0.15) is 18.1 Å². The maximum absolute atomic E-state index is 12.4. The average Bonchev–Trinajstić information content (AvgIpc) is 2.72. The Hall–Kier alpha value is -0.920. The quantitative estimate of drug-likeness (QED) is 0.280. The SMILES string of the molecule is CN=C(NCCS(=O)(=O)N1CCSCC1)N(C)CCOc1ccc(OC)cc1.I. The highest BCUT2D eigenvalue weighted by Gasteiger charge is 2.23.